The number of anilines is 1. The number of benzene rings is 2. The van der Waals surface area contributed by atoms with Crippen molar-refractivity contribution in [2.24, 2.45) is 0 Å². The lowest BCUT2D eigenvalue weighted by atomic mass is 9.99. The largest absolute Gasteiger partial charge is 0.468 e. The molecule has 14 heteroatoms. The maximum Gasteiger partial charge on any atom is 0.323 e. The van der Waals surface area contributed by atoms with Crippen LogP contribution in [-0.2, 0) is 19.1 Å². The number of esters is 1. The number of nitro benzene ring substituents is 2. The van der Waals surface area contributed by atoms with Gasteiger partial charge >= 0.3 is 5.97 Å². The first-order valence-electron chi connectivity index (χ1n) is 8.98. The summed E-state index contributed by atoms with van der Waals surface area (Å²) in [6.45, 7) is 0. The second-order valence-corrected chi connectivity index (χ2v) is 6.49. The van der Waals surface area contributed by atoms with Gasteiger partial charge in [0.1, 0.15) is 5.69 Å². The van der Waals surface area contributed by atoms with Crippen LogP contribution in [0.25, 0.3) is 11.0 Å². The number of ketones is 1. The minimum Gasteiger partial charge on any atom is -0.468 e. The molecule has 0 unspecified atom stereocenters. The highest BCUT2D eigenvalue weighted by atomic mass is 16.6. The number of Topliss-reactive ketones (excluding diaryl/α,β-unsaturated/α-hetero) is 1. The second kappa shape index (κ2) is 9.01. The summed E-state index contributed by atoms with van der Waals surface area (Å²) in [5.41, 5.74) is -2.52. The number of aromatic nitrogens is 2. The van der Waals surface area contributed by atoms with E-state index in [0.717, 1.165) is 31.4 Å². The van der Waals surface area contributed by atoms with Gasteiger partial charge in [-0.2, -0.15) is 0 Å². The summed E-state index contributed by atoms with van der Waals surface area (Å²) in [5, 5.41) is 23.9. The van der Waals surface area contributed by atoms with Crippen molar-refractivity contribution in [1.29, 1.82) is 0 Å². The first-order valence-corrected chi connectivity index (χ1v) is 8.98. The molecule has 14 nitrogen and oxygen atoms in total. The number of methoxy groups -OCH3 is 1. The van der Waals surface area contributed by atoms with Crippen molar-refractivity contribution < 1.29 is 29.0 Å². The fraction of sp³-hybridized carbons (Fsp3) is 0.105. The van der Waals surface area contributed by atoms with Crippen LogP contribution in [0.2, 0.25) is 0 Å². The van der Waals surface area contributed by atoms with Crippen LogP contribution in [0.15, 0.2) is 47.3 Å². The topological polar surface area (TPSA) is 204 Å². The van der Waals surface area contributed by atoms with Gasteiger partial charge in [-0.1, -0.05) is 6.07 Å². The summed E-state index contributed by atoms with van der Waals surface area (Å²) in [6.07, 6.45) is 0. The van der Waals surface area contributed by atoms with Gasteiger partial charge in [-0.25, -0.2) is 4.98 Å². The average Bonchev–Trinajstić information content (AvgIpc) is 2.78. The monoisotopic (exact) mass is 455 g/mol. The normalized spacial score (nSPS) is 11.4. The lowest BCUT2D eigenvalue weighted by Gasteiger charge is -2.13. The van der Waals surface area contributed by atoms with E-state index in [2.05, 4.69) is 20.0 Å². The van der Waals surface area contributed by atoms with E-state index in [1.165, 1.54) is 18.2 Å². The van der Waals surface area contributed by atoms with E-state index < -0.39 is 44.7 Å². The zero-order chi connectivity index (χ0) is 24.3. The van der Waals surface area contributed by atoms with E-state index in [4.69, 9.17) is 0 Å². The van der Waals surface area contributed by atoms with E-state index in [1.807, 2.05) is 0 Å². The molecule has 0 aliphatic rings. The van der Waals surface area contributed by atoms with Gasteiger partial charge < -0.3 is 15.0 Å². The number of amides is 1. The fourth-order valence-corrected chi connectivity index (χ4v) is 2.88. The molecule has 3 aromatic rings. The van der Waals surface area contributed by atoms with Gasteiger partial charge in [0.2, 0.25) is 5.78 Å². The minimum atomic E-state index is -2.06. The zero-order valence-electron chi connectivity index (χ0n) is 16.6. The zero-order valence-corrected chi connectivity index (χ0v) is 16.6. The number of aromatic amines is 1. The quantitative estimate of drug-likeness (QED) is 0.171. The number of carbonyl (C=O) groups excluding carboxylic acids is 3. The molecule has 3 rings (SSSR count). The molecule has 0 radical (unpaired) electrons. The van der Waals surface area contributed by atoms with Gasteiger partial charge in [0.25, 0.3) is 22.8 Å². The van der Waals surface area contributed by atoms with Crippen LogP contribution < -0.4 is 10.9 Å². The standard InChI is InChI=1S/C19H13N5O9/c1-33-19(28)14(16(25)18(27)20-9-3-2-4-10(7-9)23(29)30)15-17(26)22-13-8-11(24(31)32)5-6-12(13)21-15/h2-8,14H,1H3,(H,20,27)(H,22,26)/t14-/m1/s1. The third kappa shape index (κ3) is 4.68. The number of rotatable bonds is 7. The van der Waals surface area contributed by atoms with E-state index in [9.17, 15) is 39.4 Å². The maximum atomic E-state index is 12.8. The molecule has 33 heavy (non-hydrogen) atoms. The molecule has 2 N–H and O–H groups in total. The SMILES string of the molecule is COC(=O)[C@@H](C(=O)C(=O)Nc1cccc([N+](=O)[O-])c1)c1nc2ccc([N+](=O)[O-])cc2[nH]c1=O. The molecule has 2 aromatic carbocycles. The predicted molar refractivity (Wildman–Crippen MR) is 111 cm³/mol. The number of ether oxygens (including phenoxy) is 1. The lowest BCUT2D eigenvalue weighted by molar-refractivity contribution is -0.384. The first-order chi connectivity index (χ1) is 15.6. The molecule has 0 saturated carbocycles. The molecule has 1 amide bonds. The van der Waals surface area contributed by atoms with Crippen LogP contribution in [0.5, 0.6) is 0 Å². The molecular formula is C19H13N5O9. The summed E-state index contributed by atoms with van der Waals surface area (Å²) in [7, 11) is 0.930. The van der Waals surface area contributed by atoms with Crippen LogP contribution in [0.4, 0.5) is 17.1 Å². The Bertz CT molecular complexity index is 1380. The Kier molecular flexibility index (Phi) is 6.19. The van der Waals surface area contributed by atoms with Crippen LogP contribution in [0.3, 0.4) is 0 Å². The Hall–Kier alpha value is -5.01. The molecule has 1 heterocycles. The fourth-order valence-electron chi connectivity index (χ4n) is 2.88. The molecular weight excluding hydrogens is 442 g/mol. The van der Waals surface area contributed by atoms with E-state index in [-0.39, 0.29) is 28.1 Å². The molecule has 0 bridgehead atoms. The molecule has 0 aliphatic heterocycles. The van der Waals surface area contributed by atoms with Gasteiger partial charge in [-0.3, -0.25) is 39.4 Å². The number of nitro groups is 2. The highest BCUT2D eigenvalue weighted by Crippen LogP contribution is 2.21. The van der Waals surface area contributed by atoms with Gasteiger partial charge in [-0.05, 0) is 12.1 Å². The van der Waals surface area contributed by atoms with E-state index in [0.29, 0.717) is 0 Å². The van der Waals surface area contributed by atoms with Crippen molar-refractivity contribution in [2.45, 2.75) is 5.92 Å². The third-order valence-corrected chi connectivity index (χ3v) is 4.42. The van der Waals surface area contributed by atoms with Gasteiger partial charge in [-0.15, -0.1) is 0 Å². The lowest BCUT2D eigenvalue weighted by Crippen LogP contribution is -2.37. The molecule has 0 saturated heterocycles. The van der Waals surface area contributed by atoms with Crippen LogP contribution in [0, 0.1) is 20.2 Å². The first kappa shape index (κ1) is 22.7. The summed E-state index contributed by atoms with van der Waals surface area (Å²) in [4.78, 5) is 76.7. The Morgan fingerprint density at radius 2 is 1.73 bits per heavy atom. The average molecular weight is 455 g/mol. The minimum absolute atomic E-state index is 0.0102. The summed E-state index contributed by atoms with van der Waals surface area (Å²) < 4.78 is 4.55. The molecule has 0 fully saturated rings. The number of nitrogens with one attached hydrogen (secondary N) is 2. The van der Waals surface area contributed by atoms with Crippen LogP contribution >= 0.6 is 0 Å². The molecule has 0 aliphatic carbocycles. The number of non-ortho nitro benzene ring substituents is 2. The van der Waals surface area contributed by atoms with E-state index >= 15 is 0 Å². The molecule has 0 spiro atoms. The number of nitrogens with zero attached hydrogens (tertiary/aromatic N) is 3. The highest BCUT2D eigenvalue weighted by Gasteiger charge is 2.38. The smallest absolute Gasteiger partial charge is 0.323 e. The molecule has 1 aromatic heterocycles. The van der Waals surface area contributed by atoms with Crippen LogP contribution in [0.1, 0.15) is 11.6 Å². The second-order valence-electron chi connectivity index (χ2n) is 6.49. The van der Waals surface area contributed by atoms with Crippen molar-refractivity contribution in [3.8, 4) is 0 Å². The Morgan fingerprint density at radius 3 is 2.36 bits per heavy atom. The summed E-state index contributed by atoms with van der Waals surface area (Å²) in [6, 6.07) is 8.03. The van der Waals surface area contributed by atoms with Gasteiger partial charge in [0, 0.05) is 30.0 Å². The van der Waals surface area contributed by atoms with Gasteiger partial charge in [0.15, 0.2) is 5.92 Å². The predicted octanol–water partition coefficient (Wildman–Crippen LogP) is 1.20. The Balaban J connectivity index is 2.00. The number of H-pyrrole nitrogens is 1. The number of carbonyl (C=O) groups is 3. The Labute approximate surface area is 182 Å². The number of hydrogen-bond donors (Lipinski definition) is 2. The highest BCUT2D eigenvalue weighted by molar-refractivity contribution is 6.45. The van der Waals surface area contributed by atoms with Crippen molar-refractivity contribution in [3.05, 3.63) is 78.7 Å². The molecule has 1 atom stereocenters. The number of hydrogen-bond acceptors (Lipinski definition) is 10. The van der Waals surface area contributed by atoms with Gasteiger partial charge in [0.05, 0.1) is 28.0 Å². The van der Waals surface area contributed by atoms with Crippen molar-refractivity contribution in [2.75, 3.05) is 12.4 Å². The Morgan fingerprint density at radius 1 is 1.06 bits per heavy atom. The van der Waals surface area contributed by atoms with Crippen molar-refractivity contribution >= 4 is 45.8 Å². The number of fused-ring (bicyclic) bond motifs is 1. The summed E-state index contributed by atoms with van der Waals surface area (Å²) >= 11 is 0. The molecule has 168 valence electrons. The van der Waals surface area contributed by atoms with Crippen molar-refractivity contribution in [3.63, 3.8) is 0 Å². The van der Waals surface area contributed by atoms with Crippen molar-refractivity contribution in [1.82, 2.24) is 9.97 Å². The van der Waals surface area contributed by atoms with E-state index in [1.54, 1.807) is 0 Å². The van der Waals surface area contributed by atoms with Crippen LogP contribution in [-0.4, -0.2) is 44.6 Å². The summed E-state index contributed by atoms with van der Waals surface area (Å²) in [5.74, 6) is -6.07. The maximum absolute atomic E-state index is 12.8. The third-order valence-electron chi connectivity index (χ3n) is 4.42.